The highest BCUT2D eigenvalue weighted by atomic mass is 16.5. The SMILES string of the molecule is CCC(C)(NC(=O)c1nc(C2CC2)n(-c2ccccc2)n1)C(=O)OC. The Morgan fingerprint density at radius 3 is 2.56 bits per heavy atom. The monoisotopic (exact) mass is 342 g/mol. The molecular formula is C18H22N4O3. The Bertz CT molecular complexity index is 783. The third-order valence-corrected chi connectivity index (χ3v) is 4.51. The van der Waals surface area contributed by atoms with Gasteiger partial charge in [0.15, 0.2) is 0 Å². The normalized spacial score (nSPS) is 16.1. The number of nitrogens with one attached hydrogen (secondary N) is 1. The van der Waals surface area contributed by atoms with Crippen LogP contribution in [0.4, 0.5) is 0 Å². The van der Waals surface area contributed by atoms with Crippen molar-refractivity contribution >= 4 is 11.9 Å². The highest BCUT2D eigenvalue weighted by Gasteiger charge is 2.37. The van der Waals surface area contributed by atoms with Crippen LogP contribution < -0.4 is 5.32 Å². The molecule has 1 atom stereocenters. The molecule has 25 heavy (non-hydrogen) atoms. The maximum absolute atomic E-state index is 12.6. The Labute approximate surface area is 146 Å². The summed E-state index contributed by atoms with van der Waals surface area (Å²) in [6.07, 6.45) is 2.49. The van der Waals surface area contributed by atoms with Crippen molar-refractivity contribution in [3.63, 3.8) is 0 Å². The lowest BCUT2D eigenvalue weighted by atomic mass is 9.99. The number of carbonyl (C=O) groups is 2. The molecule has 7 heteroatoms. The standard InChI is InChI=1S/C18H22N4O3/c1-4-18(2,17(24)25-3)20-16(23)14-19-15(12-10-11-12)22(21-14)13-8-6-5-7-9-13/h5-9,12H,4,10-11H2,1-3H3,(H,20,23). The molecular weight excluding hydrogens is 320 g/mol. The predicted octanol–water partition coefficient (Wildman–Crippen LogP) is 2.22. The lowest BCUT2D eigenvalue weighted by Gasteiger charge is -2.25. The van der Waals surface area contributed by atoms with E-state index in [0.29, 0.717) is 12.3 Å². The lowest BCUT2D eigenvalue weighted by Crippen LogP contribution is -2.52. The van der Waals surface area contributed by atoms with E-state index in [-0.39, 0.29) is 5.82 Å². The summed E-state index contributed by atoms with van der Waals surface area (Å²) in [6.45, 7) is 3.44. The van der Waals surface area contributed by atoms with E-state index < -0.39 is 17.4 Å². The fourth-order valence-electron chi connectivity index (χ4n) is 2.60. The summed E-state index contributed by atoms with van der Waals surface area (Å²) in [7, 11) is 1.30. The zero-order valence-electron chi connectivity index (χ0n) is 14.7. The molecule has 0 saturated heterocycles. The Balaban J connectivity index is 1.90. The molecule has 0 radical (unpaired) electrons. The summed E-state index contributed by atoms with van der Waals surface area (Å²) in [5.41, 5.74) is -0.244. The zero-order chi connectivity index (χ0) is 18.0. The number of benzene rings is 1. The van der Waals surface area contributed by atoms with Gasteiger partial charge in [-0.25, -0.2) is 14.5 Å². The van der Waals surface area contributed by atoms with Gasteiger partial charge in [-0.15, -0.1) is 5.10 Å². The molecule has 7 nitrogen and oxygen atoms in total. The smallest absolute Gasteiger partial charge is 0.331 e. The van der Waals surface area contributed by atoms with Crippen molar-refractivity contribution in [1.29, 1.82) is 0 Å². The first-order valence-corrected chi connectivity index (χ1v) is 8.42. The van der Waals surface area contributed by atoms with Crippen molar-refractivity contribution in [2.75, 3.05) is 7.11 Å². The van der Waals surface area contributed by atoms with E-state index in [1.54, 1.807) is 11.6 Å². The molecule has 0 spiro atoms. The van der Waals surface area contributed by atoms with Crippen LogP contribution in [0.2, 0.25) is 0 Å². The maximum atomic E-state index is 12.6. The number of hydrogen-bond donors (Lipinski definition) is 1. The molecule has 1 saturated carbocycles. The van der Waals surface area contributed by atoms with Crippen LogP contribution in [0.15, 0.2) is 30.3 Å². The predicted molar refractivity (Wildman–Crippen MR) is 91.5 cm³/mol. The molecule has 1 amide bonds. The second-order valence-corrected chi connectivity index (χ2v) is 6.45. The van der Waals surface area contributed by atoms with E-state index in [4.69, 9.17) is 4.74 Å². The van der Waals surface area contributed by atoms with Crippen molar-refractivity contribution in [2.24, 2.45) is 0 Å². The van der Waals surface area contributed by atoms with Crippen molar-refractivity contribution in [3.05, 3.63) is 42.0 Å². The number of methoxy groups -OCH3 is 1. The maximum Gasteiger partial charge on any atom is 0.331 e. The summed E-state index contributed by atoms with van der Waals surface area (Å²) >= 11 is 0. The number of esters is 1. The van der Waals surface area contributed by atoms with Gasteiger partial charge < -0.3 is 10.1 Å². The quantitative estimate of drug-likeness (QED) is 0.814. The van der Waals surface area contributed by atoms with Gasteiger partial charge in [-0.1, -0.05) is 25.1 Å². The molecule has 0 aliphatic heterocycles. The topological polar surface area (TPSA) is 86.1 Å². The van der Waals surface area contributed by atoms with Gasteiger partial charge in [0, 0.05) is 5.92 Å². The second-order valence-electron chi connectivity index (χ2n) is 6.45. The van der Waals surface area contributed by atoms with E-state index >= 15 is 0 Å². The number of ether oxygens (including phenoxy) is 1. The zero-order valence-corrected chi connectivity index (χ0v) is 14.7. The minimum absolute atomic E-state index is 0.0642. The number of para-hydroxylation sites is 1. The molecule has 1 aliphatic carbocycles. The van der Waals surface area contributed by atoms with Crippen molar-refractivity contribution in [2.45, 2.75) is 44.6 Å². The van der Waals surface area contributed by atoms with E-state index in [9.17, 15) is 9.59 Å². The summed E-state index contributed by atoms with van der Waals surface area (Å²) in [6, 6.07) is 9.60. The van der Waals surface area contributed by atoms with Crippen LogP contribution in [0, 0.1) is 0 Å². The van der Waals surface area contributed by atoms with Crippen LogP contribution in [0.5, 0.6) is 0 Å². The van der Waals surface area contributed by atoms with Gasteiger partial charge in [0.1, 0.15) is 11.4 Å². The number of rotatable bonds is 6. The van der Waals surface area contributed by atoms with Gasteiger partial charge >= 0.3 is 5.97 Å². The van der Waals surface area contributed by atoms with Crippen LogP contribution in [-0.4, -0.2) is 39.3 Å². The summed E-state index contributed by atoms with van der Waals surface area (Å²) in [5.74, 6) is 0.203. The van der Waals surface area contributed by atoms with Crippen molar-refractivity contribution in [1.82, 2.24) is 20.1 Å². The average Bonchev–Trinajstić information content (AvgIpc) is 3.39. The van der Waals surface area contributed by atoms with E-state index in [2.05, 4.69) is 15.4 Å². The minimum atomic E-state index is -1.11. The molecule has 1 aromatic heterocycles. The highest BCUT2D eigenvalue weighted by molar-refractivity contribution is 5.95. The van der Waals surface area contributed by atoms with Gasteiger partial charge in [-0.2, -0.15) is 0 Å². The Hall–Kier alpha value is -2.70. The van der Waals surface area contributed by atoms with E-state index in [1.165, 1.54) is 7.11 Å². The van der Waals surface area contributed by atoms with Crippen LogP contribution >= 0.6 is 0 Å². The van der Waals surface area contributed by atoms with Crippen molar-refractivity contribution in [3.8, 4) is 5.69 Å². The fraction of sp³-hybridized carbons (Fsp3) is 0.444. The molecule has 0 bridgehead atoms. The third-order valence-electron chi connectivity index (χ3n) is 4.51. The van der Waals surface area contributed by atoms with E-state index in [0.717, 1.165) is 24.4 Å². The lowest BCUT2D eigenvalue weighted by molar-refractivity contribution is -0.147. The van der Waals surface area contributed by atoms with Crippen LogP contribution in [0.1, 0.15) is 55.5 Å². The fourth-order valence-corrected chi connectivity index (χ4v) is 2.60. The number of hydrogen-bond acceptors (Lipinski definition) is 5. The van der Waals surface area contributed by atoms with E-state index in [1.807, 2.05) is 37.3 Å². The van der Waals surface area contributed by atoms with Crippen LogP contribution in [0.3, 0.4) is 0 Å². The summed E-state index contributed by atoms with van der Waals surface area (Å²) < 4.78 is 6.51. The minimum Gasteiger partial charge on any atom is -0.467 e. The molecule has 1 N–H and O–H groups in total. The summed E-state index contributed by atoms with van der Waals surface area (Å²) in [5, 5.41) is 7.10. The average molecular weight is 342 g/mol. The number of aromatic nitrogens is 3. The van der Waals surface area contributed by atoms with Gasteiger partial charge in [0.2, 0.25) is 5.82 Å². The van der Waals surface area contributed by atoms with Crippen LogP contribution in [-0.2, 0) is 9.53 Å². The molecule has 1 unspecified atom stereocenters. The Morgan fingerprint density at radius 1 is 1.32 bits per heavy atom. The first-order chi connectivity index (χ1) is 12.0. The van der Waals surface area contributed by atoms with Gasteiger partial charge in [0.25, 0.3) is 5.91 Å². The first kappa shape index (κ1) is 17.1. The van der Waals surface area contributed by atoms with Crippen LogP contribution in [0.25, 0.3) is 5.69 Å². The molecule has 3 rings (SSSR count). The number of carbonyl (C=O) groups excluding carboxylic acids is 2. The van der Waals surface area contributed by atoms with Gasteiger partial charge in [-0.05, 0) is 38.3 Å². The molecule has 1 aliphatic rings. The molecule has 2 aromatic rings. The van der Waals surface area contributed by atoms with Gasteiger partial charge in [0.05, 0.1) is 12.8 Å². The Kier molecular flexibility index (Phi) is 4.57. The molecule has 1 aromatic carbocycles. The highest BCUT2D eigenvalue weighted by Crippen LogP contribution is 2.39. The largest absolute Gasteiger partial charge is 0.467 e. The number of nitrogens with zero attached hydrogens (tertiary/aromatic N) is 3. The molecule has 132 valence electrons. The first-order valence-electron chi connectivity index (χ1n) is 8.42. The molecule has 1 fully saturated rings. The molecule has 1 heterocycles. The number of amides is 1. The van der Waals surface area contributed by atoms with Gasteiger partial charge in [-0.3, -0.25) is 4.79 Å². The second kappa shape index (κ2) is 6.66. The third kappa shape index (κ3) is 3.40. The Morgan fingerprint density at radius 2 is 2.00 bits per heavy atom. The summed E-state index contributed by atoms with van der Waals surface area (Å²) in [4.78, 5) is 29.0. The van der Waals surface area contributed by atoms with Crippen molar-refractivity contribution < 1.29 is 14.3 Å².